The number of guanidine groups is 1. The molecule has 1 aromatic carbocycles. The van der Waals surface area contributed by atoms with Crippen LogP contribution in [-0.4, -0.2) is 67.0 Å². The quantitative estimate of drug-likeness (QED) is 0.266. The van der Waals surface area contributed by atoms with Crippen LogP contribution in [0.1, 0.15) is 38.9 Å². The minimum Gasteiger partial charge on any atom is -0.491 e. The summed E-state index contributed by atoms with van der Waals surface area (Å²) >= 11 is 0. The number of aliphatic hydroxyl groups excluding tert-OH is 1. The van der Waals surface area contributed by atoms with Gasteiger partial charge in [0.25, 0.3) is 0 Å². The standard InChI is InChI=1S/C20H31F3N4O2.HI/c1-4-24-19(26-16-8-9-27(12-16)13-20(21,22)23)25-11-18(28)15-6-5-7-17(10-15)29-14(2)3;/h5-7,10,14,16,18,28H,4,8-9,11-13H2,1-3H3,(H2,24,25,26);1H. The van der Waals surface area contributed by atoms with Crippen LogP contribution in [0.4, 0.5) is 13.2 Å². The summed E-state index contributed by atoms with van der Waals surface area (Å²) in [5.41, 5.74) is 0.694. The average molecular weight is 544 g/mol. The lowest BCUT2D eigenvalue weighted by Gasteiger charge is -2.20. The fourth-order valence-electron chi connectivity index (χ4n) is 3.21. The van der Waals surface area contributed by atoms with E-state index in [0.29, 0.717) is 43.3 Å². The summed E-state index contributed by atoms with van der Waals surface area (Å²) in [6.07, 6.45) is -4.36. The molecule has 2 unspecified atom stereocenters. The molecule has 0 spiro atoms. The minimum absolute atomic E-state index is 0. The molecule has 10 heteroatoms. The summed E-state index contributed by atoms with van der Waals surface area (Å²) in [6.45, 7) is 6.31. The minimum atomic E-state index is -4.19. The molecular formula is C20H32F3IN4O2. The molecule has 0 aliphatic carbocycles. The first-order valence-corrected chi connectivity index (χ1v) is 9.95. The topological polar surface area (TPSA) is 69.1 Å². The van der Waals surface area contributed by atoms with Crippen LogP contribution in [-0.2, 0) is 0 Å². The van der Waals surface area contributed by atoms with Gasteiger partial charge in [0, 0.05) is 25.7 Å². The van der Waals surface area contributed by atoms with E-state index in [9.17, 15) is 18.3 Å². The maximum atomic E-state index is 12.6. The van der Waals surface area contributed by atoms with Crippen molar-refractivity contribution in [2.75, 3.05) is 32.7 Å². The predicted octanol–water partition coefficient (Wildman–Crippen LogP) is 3.32. The van der Waals surface area contributed by atoms with Crippen LogP contribution >= 0.6 is 24.0 Å². The smallest absolute Gasteiger partial charge is 0.401 e. The van der Waals surface area contributed by atoms with Crippen molar-refractivity contribution in [1.82, 2.24) is 15.5 Å². The van der Waals surface area contributed by atoms with Crippen molar-refractivity contribution in [2.45, 2.75) is 51.6 Å². The number of hydrogen-bond donors (Lipinski definition) is 3. The number of aliphatic hydroxyl groups is 1. The van der Waals surface area contributed by atoms with Crippen molar-refractivity contribution in [3.63, 3.8) is 0 Å². The number of hydrogen-bond acceptors (Lipinski definition) is 4. The fourth-order valence-corrected chi connectivity index (χ4v) is 3.21. The Hall–Kier alpha value is -1.27. The van der Waals surface area contributed by atoms with E-state index in [4.69, 9.17) is 4.74 Å². The number of alkyl halides is 3. The van der Waals surface area contributed by atoms with E-state index >= 15 is 0 Å². The highest BCUT2D eigenvalue weighted by Crippen LogP contribution is 2.21. The monoisotopic (exact) mass is 544 g/mol. The summed E-state index contributed by atoms with van der Waals surface area (Å²) in [6, 6.07) is 7.12. The van der Waals surface area contributed by atoms with Crippen LogP contribution in [0, 0.1) is 0 Å². The molecule has 1 saturated heterocycles. The third-order valence-electron chi connectivity index (χ3n) is 4.40. The zero-order chi connectivity index (χ0) is 21.4. The Morgan fingerprint density at radius 2 is 2.10 bits per heavy atom. The average Bonchev–Trinajstić information content (AvgIpc) is 3.04. The van der Waals surface area contributed by atoms with Gasteiger partial charge >= 0.3 is 6.18 Å². The number of nitrogens with one attached hydrogen (secondary N) is 2. The van der Waals surface area contributed by atoms with Crippen LogP contribution in [0.2, 0.25) is 0 Å². The number of ether oxygens (including phenoxy) is 1. The lowest BCUT2D eigenvalue weighted by molar-refractivity contribution is -0.143. The zero-order valence-corrected chi connectivity index (χ0v) is 19.9. The highest BCUT2D eigenvalue weighted by molar-refractivity contribution is 14.0. The normalized spacial score (nSPS) is 18.8. The molecular weight excluding hydrogens is 512 g/mol. The molecule has 172 valence electrons. The summed E-state index contributed by atoms with van der Waals surface area (Å²) < 4.78 is 43.3. The molecule has 1 fully saturated rings. The van der Waals surface area contributed by atoms with E-state index in [0.717, 1.165) is 0 Å². The Labute approximate surface area is 193 Å². The highest BCUT2D eigenvalue weighted by atomic mass is 127. The number of benzene rings is 1. The summed E-state index contributed by atoms with van der Waals surface area (Å²) in [4.78, 5) is 5.79. The molecule has 0 radical (unpaired) electrons. The van der Waals surface area contributed by atoms with Gasteiger partial charge in [-0.1, -0.05) is 12.1 Å². The summed E-state index contributed by atoms with van der Waals surface area (Å²) in [5, 5.41) is 16.7. The van der Waals surface area contributed by atoms with E-state index in [-0.39, 0.29) is 42.7 Å². The van der Waals surface area contributed by atoms with Crippen molar-refractivity contribution < 1.29 is 23.0 Å². The van der Waals surface area contributed by atoms with E-state index < -0.39 is 18.8 Å². The van der Waals surface area contributed by atoms with Crippen molar-refractivity contribution >= 4 is 29.9 Å². The van der Waals surface area contributed by atoms with Gasteiger partial charge in [0.1, 0.15) is 5.75 Å². The SMILES string of the molecule is CCNC(=NCC(O)c1cccc(OC(C)C)c1)NC1CCN(CC(F)(F)F)C1.I. The first-order valence-electron chi connectivity index (χ1n) is 9.95. The lowest BCUT2D eigenvalue weighted by atomic mass is 10.1. The molecule has 1 aliphatic rings. The first-order chi connectivity index (χ1) is 13.7. The summed E-state index contributed by atoms with van der Waals surface area (Å²) in [5.74, 6) is 1.17. The van der Waals surface area contributed by atoms with Gasteiger partial charge in [0.05, 0.1) is 25.3 Å². The van der Waals surface area contributed by atoms with Gasteiger partial charge in [-0.05, 0) is 44.9 Å². The van der Waals surface area contributed by atoms with Crippen LogP contribution in [0.5, 0.6) is 5.75 Å². The molecule has 1 aromatic rings. The van der Waals surface area contributed by atoms with E-state index in [1.165, 1.54) is 4.90 Å². The Bertz CT molecular complexity index is 674. The maximum Gasteiger partial charge on any atom is 0.401 e. The van der Waals surface area contributed by atoms with Gasteiger partial charge in [-0.3, -0.25) is 9.89 Å². The predicted molar refractivity (Wildman–Crippen MR) is 123 cm³/mol. The van der Waals surface area contributed by atoms with Crippen LogP contribution in [0.3, 0.4) is 0 Å². The second-order valence-electron chi connectivity index (χ2n) is 7.45. The number of rotatable bonds is 8. The summed E-state index contributed by atoms with van der Waals surface area (Å²) in [7, 11) is 0. The molecule has 30 heavy (non-hydrogen) atoms. The van der Waals surface area contributed by atoms with Crippen LogP contribution in [0.25, 0.3) is 0 Å². The number of aliphatic imine (C=N–C) groups is 1. The van der Waals surface area contributed by atoms with Gasteiger partial charge in [-0.15, -0.1) is 24.0 Å². The van der Waals surface area contributed by atoms with Crippen molar-refractivity contribution in [1.29, 1.82) is 0 Å². The second kappa shape index (κ2) is 12.6. The van der Waals surface area contributed by atoms with E-state index in [1.807, 2.05) is 32.9 Å². The Kier molecular flexibility index (Phi) is 11.2. The zero-order valence-electron chi connectivity index (χ0n) is 17.6. The van der Waals surface area contributed by atoms with Gasteiger partial charge in [-0.2, -0.15) is 13.2 Å². The van der Waals surface area contributed by atoms with E-state index in [1.54, 1.807) is 12.1 Å². The third kappa shape index (κ3) is 9.69. The fraction of sp³-hybridized carbons (Fsp3) is 0.650. The molecule has 1 heterocycles. The van der Waals surface area contributed by atoms with Crippen LogP contribution in [0.15, 0.2) is 29.3 Å². The Balaban J connectivity index is 0.00000450. The largest absolute Gasteiger partial charge is 0.491 e. The molecule has 3 N–H and O–H groups in total. The van der Waals surface area contributed by atoms with Gasteiger partial charge in [0.2, 0.25) is 0 Å². The molecule has 0 amide bonds. The van der Waals surface area contributed by atoms with Crippen molar-refractivity contribution in [2.24, 2.45) is 4.99 Å². The van der Waals surface area contributed by atoms with Gasteiger partial charge < -0.3 is 20.5 Å². The molecule has 0 aromatic heterocycles. The Morgan fingerprint density at radius 1 is 1.37 bits per heavy atom. The molecule has 6 nitrogen and oxygen atoms in total. The molecule has 2 atom stereocenters. The second-order valence-corrected chi connectivity index (χ2v) is 7.45. The van der Waals surface area contributed by atoms with Gasteiger partial charge in [0.15, 0.2) is 5.96 Å². The molecule has 0 bridgehead atoms. The van der Waals surface area contributed by atoms with Crippen molar-refractivity contribution in [3.8, 4) is 5.75 Å². The Morgan fingerprint density at radius 3 is 2.73 bits per heavy atom. The lowest BCUT2D eigenvalue weighted by Crippen LogP contribution is -2.45. The first kappa shape index (κ1) is 26.8. The van der Waals surface area contributed by atoms with Gasteiger partial charge in [-0.25, -0.2) is 0 Å². The third-order valence-corrected chi connectivity index (χ3v) is 4.40. The highest BCUT2D eigenvalue weighted by Gasteiger charge is 2.34. The molecule has 1 aliphatic heterocycles. The molecule has 0 saturated carbocycles. The number of likely N-dealkylation sites (tertiary alicyclic amines) is 1. The molecule has 2 rings (SSSR count). The van der Waals surface area contributed by atoms with Crippen molar-refractivity contribution in [3.05, 3.63) is 29.8 Å². The maximum absolute atomic E-state index is 12.6. The number of nitrogens with zero attached hydrogens (tertiary/aromatic N) is 2. The van der Waals surface area contributed by atoms with E-state index in [2.05, 4.69) is 15.6 Å². The van der Waals surface area contributed by atoms with Crippen LogP contribution < -0.4 is 15.4 Å². The number of halogens is 4.